The Kier molecular flexibility index (Phi) is 38.5. The van der Waals surface area contributed by atoms with Crippen molar-refractivity contribution in [2.24, 2.45) is 0 Å². The number of aliphatic hydroxyl groups excluding tert-OH is 1. The van der Waals surface area contributed by atoms with Gasteiger partial charge in [-0.1, -0.05) is 0 Å². The molecule has 0 saturated carbocycles. The third-order valence-corrected chi connectivity index (χ3v) is 0.547. The van der Waals surface area contributed by atoms with Crippen LogP contribution in [0.5, 0.6) is 0 Å². The van der Waals surface area contributed by atoms with E-state index < -0.39 is 0 Å². The van der Waals surface area contributed by atoms with Crippen molar-refractivity contribution in [3.8, 4) is 0 Å². The van der Waals surface area contributed by atoms with Crippen LogP contribution in [0.4, 0.5) is 0 Å². The molecule has 0 saturated heterocycles. The van der Waals surface area contributed by atoms with Gasteiger partial charge in [0.2, 0.25) is 0 Å². The fourth-order valence-electron chi connectivity index (χ4n) is 0.200. The monoisotopic (exact) mass is 145 g/mol. The topological polar surface area (TPSA) is 23.5 Å². The van der Waals surface area contributed by atoms with Gasteiger partial charge in [0.15, 0.2) is 0 Å². The summed E-state index contributed by atoms with van der Waals surface area (Å²) in [5, 5.41) is 8.20. The van der Waals surface area contributed by atoms with Crippen LogP contribution in [0.2, 0.25) is 0 Å². The molecule has 2 nitrogen and oxygen atoms in total. The lowest BCUT2D eigenvalue weighted by Gasteiger charge is -2.03. The van der Waals surface area contributed by atoms with Gasteiger partial charge in [-0.05, 0) is 14.1 Å². The van der Waals surface area contributed by atoms with E-state index in [1.807, 2.05) is 19.0 Å². The molecule has 0 aromatic carbocycles. The van der Waals surface area contributed by atoms with E-state index in [9.17, 15) is 0 Å². The molecule has 0 aliphatic heterocycles. The number of rotatable bonds is 2. The van der Waals surface area contributed by atoms with E-state index in [4.69, 9.17) is 5.11 Å². The maximum absolute atomic E-state index is 8.20. The number of likely N-dealkylation sites (N-methyl/N-ethyl adjacent to an activating group) is 1. The number of hydrogen-bond acceptors (Lipinski definition) is 2. The van der Waals surface area contributed by atoms with Crippen molar-refractivity contribution in [1.82, 2.24) is 4.90 Å². The zero-order chi connectivity index (χ0) is 8.99. The quantitative estimate of drug-likeness (QED) is 0.589. The summed E-state index contributed by atoms with van der Waals surface area (Å²) < 4.78 is 0. The molecular weight excluding hydrogens is 126 g/mol. The molecule has 0 aromatic heterocycles. The first-order valence-electron chi connectivity index (χ1n) is 3.03. The Morgan fingerprint density at radius 1 is 1.10 bits per heavy atom. The third kappa shape index (κ3) is 52.6. The molecule has 1 N–H and O–H groups in total. The van der Waals surface area contributed by atoms with Crippen LogP contribution in [0.25, 0.3) is 0 Å². The summed E-state index contributed by atoms with van der Waals surface area (Å²) in [5.74, 6) is 0. The molecular formula is C8H19NO. The SMILES string of the molecule is C=C.C=C.CN(C)CCO. The molecule has 0 spiro atoms. The minimum absolute atomic E-state index is 0.257. The van der Waals surface area contributed by atoms with Crippen molar-refractivity contribution < 1.29 is 5.11 Å². The van der Waals surface area contributed by atoms with E-state index in [0.29, 0.717) is 0 Å². The Morgan fingerprint density at radius 3 is 1.40 bits per heavy atom. The lowest BCUT2D eigenvalue weighted by Crippen LogP contribution is -2.15. The smallest absolute Gasteiger partial charge is 0.0558 e. The summed E-state index contributed by atoms with van der Waals surface area (Å²) in [4.78, 5) is 1.93. The minimum atomic E-state index is 0.257. The van der Waals surface area contributed by atoms with Crippen molar-refractivity contribution in [3.05, 3.63) is 26.3 Å². The Hall–Kier alpha value is -0.600. The molecule has 0 bridgehead atoms. The lowest BCUT2D eigenvalue weighted by molar-refractivity contribution is 0.243. The minimum Gasteiger partial charge on any atom is -0.395 e. The predicted octanol–water partition coefficient (Wildman–Crippen LogP) is 1.14. The van der Waals surface area contributed by atoms with Crippen molar-refractivity contribution in [1.29, 1.82) is 0 Å². The molecule has 62 valence electrons. The summed E-state index contributed by atoms with van der Waals surface area (Å²) in [7, 11) is 3.85. The van der Waals surface area contributed by atoms with Gasteiger partial charge >= 0.3 is 0 Å². The van der Waals surface area contributed by atoms with Crippen molar-refractivity contribution in [3.63, 3.8) is 0 Å². The van der Waals surface area contributed by atoms with Crippen LogP contribution in [0.15, 0.2) is 26.3 Å². The number of nitrogens with zero attached hydrogens (tertiary/aromatic N) is 1. The first-order valence-corrected chi connectivity index (χ1v) is 3.03. The van der Waals surface area contributed by atoms with Crippen molar-refractivity contribution >= 4 is 0 Å². The average molecular weight is 145 g/mol. The predicted molar refractivity (Wildman–Crippen MR) is 48.1 cm³/mol. The van der Waals surface area contributed by atoms with Gasteiger partial charge in [0.05, 0.1) is 6.61 Å². The second-order valence-corrected chi connectivity index (χ2v) is 1.53. The Bertz CT molecular complexity index is 44.5. The summed E-state index contributed by atoms with van der Waals surface area (Å²) in [5.41, 5.74) is 0. The van der Waals surface area contributed by atoms with E-state index in [1.165, 1.54) is 0 Å². The lowest BCUT2D eigenvalue weighted by atomic mass is 10.6. The highest BCUT2D eigenvalue weighted by Crippen LogP contribution is 1.66. The fourth-order valence-corrected chi connectivity index (χ4v) is 0.200. The summed E-state index contributed by atoms with van der Waals surface area (Å²) in [6.45, 7) is 13.0. The standard InChI is InChI=1S/C4H11NO.2C2H4/c1-5(2)3-4-6;2*1-2/h6H,3-4H2,1-2H3;2*1-2H2. The fraction of sp³-hybridized carbons (Fsp3) is 0.500. The van der Waals surface area contributed by atoms with E-state index in [-0.39, 0.29) is 6.61 Å². The zero-order valence-electron chi connectivity index (χ0n) is 7.14. The van der Waals surface area contributed by atoms with Gasteiger partial charge in [-0.25, -0.2) is 0 Å². The molecule has 0 radical (unpaired) electrons. The molecule has 0 heterocycles. The Morgan fingerprint density at radius 2 is 1.40 bits per heavy atom. The first kappa shape index (κ1) is 16.2. The molecule has 0 aromatic rings. The van der Waals surface area contributed by atoms with Crippen LogP contribution in [0.3, 0.4) is 0 Å². The van der Waals surface area contributed by atoms with Gasteiger partial charge in [-0.3, -0.25) is 0 Å². The number of aliphatic hydroxyl groups is 1. The van der Waals surface area contributed by atoms with E-state index >= 15 is 0 Å². The third-order valence-electron chi connectivity index (χ3n) is 0.547. The Balaban J connectivity index is -0.000000105. The van der Waals surface area contributed by atoms with Gasteiger partial charge in [-0.15, -0.1) is 26.3 Å². The number of hydrogen-bond donors (Lipinski definition) is 1. The summed E-state index contributed by atoms with van der Waals surface area (Å²) in [6.07, 6.45) is 0. The van der Waals surface area contributed by atoms with Crippen LogP contribution in [-0.4, -0.2) is 37.3 Å². The van der Waals surface area contributed by atoms with E-state index in [0.717, 1.165) is 6.54 Å². The maximum Gasteiger partial charge on any atom is 0.0558 e. The first-order chi connectivity index (χ1) is 4.77. The molecule has 0 aliphatic rings. The van der Waals surface area contributed by atoms with Crippen LogP contribution in [0.1, 0.15) is 0 Å². The second-order valence-electron chi connectivity index (χ2n) is 1.53. The molecule has 0 aliphatic carbocycles. The van der Waals surface area contributed by atoms with Crippen LogP contribution < -0.4 is 0 Å². The van der Waals surface area contributed by atoms with Gasteiger partial charge in [0.1, 0.15) is 0 Å². The van der Waals surface area contributed by atoms with Gasteiger partial charge in [-0.2, -0.15) is 0 Å². The summed E-state index contributed by atoms with van der Waals surface area (Å²) >= 11 is 0. The highest BCUT2D eigenvalue weighted by molar-refractivity contribution is 4.34. The maximum atomic E-state index is 8.20. The van der Waals surface area contributed by atoms with Crippen LogP contribution in [-0.2, 0) is 0 Å². The van der Waals surface area contributed by atoms with Crippen molar-refractivity contribution in [2.45, 2.75) is 0 Å². The molecule has 0 fully saturated rings. The highest BCUT2D eigenvalue weighted by Gasteiger charge is 1.80. The van der Waals surface area contributed by atoms with Gasteiger partial charge in [0.25, 0.3) is 0 Å². The molecule has 0 rings (SSSR count). The van der Waals surface area contributed by atoms with Gasteiger partial charge in [0, 0.05) is 6.54 Å². The molecule has 2 heteroatoms. The van der Waals surface area contributed by atoms with Crippen LogP contribution in [0, 0.1) is 0 Å². The van der Waals surface area contributed by atoms with E-state index in [1.54, 1.807) is 0 Å². The van der Waals surface area contributed by atoms with E-state index in [2.05, 4.69) is 26.3 Å². The molecule has 0 amide bonds. The molecule has 0 unspecified atom stereocenters. The van der Waals surface area contributed by atoms with Crippen molar-refractivity contribution in [2.75, 3.05) is 27.2 Å². The zero-order valence-corrected chi connectivity index (χ0v) is 7.14. The Labute approximate surface area is 64.5 Å². The second kappa shape index (κ2) is 23.8. The largest absolute Gasteiger partial charge is 0.395 e. The average Bonchev–Trinajstić information content (AvgIpc) is 1.96. The summed E-state index contributed by atoms with van der Waals surface area (Å²) in [6, 6.07) is 0. The molecule has 0 atom stereocenters. The molecule has 10 heavy (non-hydrogen) atoms. The highest BCUT2D eigenvalue weighted by atomic mass is 16.3. The normalized spacial score (nSPS) is 6.80. The van der Waals surface area contributed by atoms with Gasteiger partial charge < -0.3 is 10.0 Å². The van der Waals surface area contributed by atoms with Crippen LogP contribution >= 0.6 is 0 Å².